The summed E-state index contributed by atoms with van der Waals surface area (Å²) in [6.45, 7) is 0.669. The highest BCUT2D eigenvalue weighted by Crippen LogP contribution is 2.39. The molecule has 1 aliphatic rings. The Hall–Kier alpha value is -2.00. The minimum absolute atomic E-state index is 0.0179. The maximum absolute atomic E-state index is 11.3. The lowest BCUT2D eigenvalue weighted by Crippen LogP contribution is -2.57. The number of likely N-dealkylation sites (N-methyl/N-ethyl adjacent to an activating group) is 2. The molecule has 0 amide bonds. The lowest BCUT2D eigenvalue weighted by molar-refractivity contribution is -0.383. The topological polar surface area (TPSA) is 113 Å². The van der Waals surface area contributed by atoms with Gasteiger partial charge in [-0.05, 0) is 33.4 Å². The van der Waals surface area contributed by atoms with Crippen LogP contribution >= 0.6 is 0 Å². The summed E-state index contributed by atoms with van der Waals surface area (Å²) in [5.41, 5.74) is 2.10. The molecule has 2 rings (SSSR count). The van der Waals surface area contributed by atoms with Gasteiger partial charge in [-0.3, -0.25) is 10.1 Å². The minimum Gasteiger partial charge on any atom is -0.352 e. The van der Waals surface area contributed by atoms with Crippen molar-refractivity contribution in [3.05, 3.63) is 16.4 Å². The molecule has 1 heterocycles. The molecule has 1 fully saturated rings. The number of anilines is 2. The molecule has 21 heavy (non-hydrogen) atoms. The Morgan fingerprint density at radius 2 is 2.10 bits per heavy atom. The fraction of sp³-hybridized carbons (Fsp3) is 0.667. The van der Waals surface area contributed by atoms with E-state index in [4.69, 9.17) is 5.84 Å². The number of nitrogen functional groups attached to an aromatic ring is 1. The number of aromatic nitrogens is 2. The summed E-state index contributed by atoms with van der Waals surface area (Å²) >= 11 is 0. The Balaban J connectivity index is 2.31. The van der Waals surface area contributed by atoms with Gasteiger partial charge in [0.2, 0.25) is 11.6 Å². The third kappa shape index (κ3) is 2.74. The first kappa shape index (κ1) is 15.4. The Labute approximate surface area is 123 Å². The van der Waals surface area contributed by atoms with Gasteiger partial charge in [-0.25, -0.2) is 15.8 Å². The summed E-state index contributed by atoms with van der Waals surface area (Å²) in [4.78, 5) is 22.6. The number of rotatable bonds is 6. The van der Waals surface area contributed by atoms with Crippen LogP contribution in [-0.2, 0) is 0 Å². The van der Waals surface area contributed by atoms with E-state index in [1.807, 2.05) is 14.1 Å². The second kappa shape index (κ2) is 5.78. The summed E-state index contributed by atoms with van der Waals surface area (Å²) in [7, 11) is 5.88. The van der Waals surface area contributed by atoms with Gasteiger partial charge in [0.25, 0.3) is 0 Å². The first-order valence-corrected chi connectivity index (χ1v) is 6.76. The average Bonchev–Trinajstić information content (AvgIpc) is 2.40. The molecule has 9 heteroatoms. The number of hydrogen-bond donors (Lipinski definition) is 2. The van der Waals surface area contributed by atoms with E-state index in [2.05, 4.69) is 20.3 Å². The first-order valence-electron chi connectivity index (χ1n) is 6.76. The number of nitrogens with one attached hydrogen (secondary N) is 1. The zero-order chi connectivity index (χ0) is 15.6. The molecule has 0 unspecified atom stereocenters. The largest absolute Gasteiger partial charge is 0.354 e. The highest BCUT2D eigenvalue weighted by molar-refractivity contribution is 5.69. The van der Waals surface area contributed by atoms with Gasteiger partial charge >= 0.3 is 5.69 Å². The van der Waals surface area contributed by atoms with Crippen LogP contribution in [-0.4, -0.2) is 53.0 Å². The summed E-state index contributed by atoms with van der Waals surface area (Å²) < 4.78 is 0. The molecule has 3 N–H and O–H groups in total. The van der Waals surface area contributed by atoms with E-state index in [-0.39, 0.29) is 22.9 Å². The summed E-state index contributed by atoms with van der Waals surface area (Å²) in [6.07, 6.45) is 4.60. The van der Waals surface area contributed by atoms with Crippen LogP contribution in [0.5, 0.6) is 0 Å². The van der Waals surface area contributed by atoms with E-state index in [0.717, 1.165) is 12.8 Å². The molecular weight excluding hydrogens is 274 g/mol. The van der Waals surface area contributed by atoms with Gasteiger partial charge in [0.05, 0.1) is 4.92 Å². The van der Waals surface area contributed by atoms with Crippen LogP contribution in [0.4, 0.5) is 17.3 Å². The SMILES string of the molecule is CN(CC1(N(C)C)CCC1)c1ncnc(NN)c1[N+](=O)[O-]. The van der Waals surface area contributed by atoms with Crippen LogP contribution in [0.2, 0.25) is 0 Å². The van der Waals surface area contributed by atoms with Crippen molar-refractivity contribution in [1.82, 2.24) is 14.9 Å². The van der Waals surface area contributed by atoms with E-state index >= 15 is 0 Å². The van der Waals surface area contributed by atoms with Crippen molar-refractivity contribution in [3.63, 3.8) is 0 Å². The quantitative estimate of drug-likeness (QED) is 0.445. The molecule has 0 radical (unpaired) electrons. The Morgan fingerprint density at radius 1 is 1.43 bits per heavy atom. The highest BCUT2D eigenvalue weighted by Gasteiger charge is 2.41. The van der Waals surface area contributed by atoms with E-state index < -0.39 is 4.92 Å². The van der Waals surface area contributed by atoms with Crippen LogP contribution in [0.25, 0.3) is 0 Å². The summed E-state index contributed by atoms with van der Waals surface area (Å²) in [5.74, 6) is 5.59. The molecule has 116 valence electrons. The van der Waals surface area contributed by atoms with Gasteiger partial charge in [-0.15, -0.1) is 0 Å². The van der Waals surface area contributed by atoms with Crippen molar-refractivity contribution in [2.75, 3.05) is 38.0 Å². The fourth-order valence-electron chi connectivity index (χ4n) is 2.77. The van der Waals surface area contributed by atoms with Crippen molar-refractivity contribution >= 4 is 17.3 Å². The Bertz CT molecular complexity index is 530. The van der Waals surface area contributed by atoms with Crippen molar-refractivity contribution in [2.24, 2.45) is 5.84 Å². The van der Waals surface area contributed by atoms with Crippen LogP contribution in [0.1, 0.15) is 19.3 Å². The Kier molecular flexibility index (Phi) is 4.24. The minimum atomic E-state index is -0.510. The highest BCUT2D eigenvalue weighted by atomic mass is 16.6. The lowest BCUT2D eigenvalue weighted by atomic mass is 9.75. The normalized spacial score (nSPS) is 16.4. The molecule has 1 aliphatic carbocycles. The monoisotopic (exact) mass is 295 g/mol. The van der Waals surface area contributed by atoms with Gasteiger partial charge in [0, 0.05) is 19.1 Å². The molecular formula is C12H21N7O2. The van der Waals surface area contributed by atoms with E-state index in [1.54, 1.807) is 11.9 Å². The Morgan fingerprint density at radius 3 is 2.52 bits per heavy atom. The van der Waals surface area contributed by atoms with Crippen LogP contribution < -0.4 is 16.2 Å². The average molecular weight is 295 g/mol. The van der Waals surface area contributed by atoms with E-state index in [1.165, 1.54) is 12.7 Å². The number of hydrogen-bond acceptors (Lipinski definition) is 8. The van der Waals surface area contributed by atoms with Gasteiger partial charge in [-0.1, -0.05) is 0 Å². The third-order valence-corrected chi connectivity index (χ3v) is 4.25. The maximum Gasteiger partial charge on any atom is 0.354 e. The van der Waals surface area contributed by atoms with Gasteiger partial charge in [-0.2, -0.15) is 0 Å². The number of nitro groups is 1. The predicted octanol–water partition coefficient (Wildman–Crippen LogP) is 0.591. The summed E-state index contributed by atoms with van der Waals surface area (Å²) in [6, 6.07) is 0. The van der Waals surface area contributed by atoms with Crippen LogP contribution in [0, 0.1) is 10.1 Å². The smallest absolute Gasteiger partial charge is 0.352 e. The molecule has 1 aromatic rings. The maximum atomic E-state index is 11.3. The van der Waals surface area contributed by atoms with Crippen molar-refractivity contribution in [2.45, 2.75) is 24.8 Å². The zero-order valence-corrected chi connectivity index (χ0v) is 12.5. The van der Waals surface area contributed by atoms with Crippen molar-refractivity contribution in [3.8, 4) is 0 Å². The molecule has 0 aromatic carbocycles. The fourth-order valence-corrected chi connectivity index (χ4v) is 2.77. The first-order chi connectivity index (χ1) is 9.91. The molecule has 1 saturated carbocycles. The third-order valence-electron chi connectivity index (χ3n) is 4.25. The molecule has 1 aromatic heterocycles. The number of nitrogens with zero attached hydrogens (tertiary/aromatic N) is 5. The molecule has 0 atom stereocenters. The summed E-state index contributed by atoms with van der Waals surface area (Å²) in [5, 5.41) is 11.3. The molecule has 0 bridgehead atoms. The van der Waals surface area contributed by atoms with E-state index in [0.29, 0.717) is 6.54 Å². The van der Waals surface area contributed by atoms with Gasteiger partial charge in [0.15, 0.2) is 0 Å². The zero-order valence-electron chi connectivity index (χ0n) is 12.5. The van der Waals surface area contributed by atoms with Crippen LogP contribution in [0.15, 0.2) is 6.33 Å². The van der Waals surface area contributed by atoms with E-state index in [9.17, 15) is 10.1 Å². The van der Waals surface area contributed by atoms with Crippen molar-refractivity contribution < 1.29 is 4.92 Å². The second-order valence-corrected chi connectivity index (χ2v) is 5.62. The van der Waals surface area contributed by atoms with Crippen molar-refractivity contribution in [1.29, 1.82) is 0 Å². The predicted molar refractivity (Wildman–Crippen MR) is 80.0 cm³/mol. The molecule has 9 nitrogen and oxygen atoms in total. The van der Waals surface area contributed by atoms with Gasteiger partial charge in [0.1, 0.15) is 6.33 Å². The number of hydrazine groups is 1. The standard InChI is InChI=1S/C12H21N7O2/c1-17(2)12(5-4-6-12)7-18(3)11-9(19(20)21)10(16-13)14-8-15-11/h8H,4-7,13H2,1-3H3,(H,14,15,16). The molecule has 0 aliphatic heterocycles. The lowest BCUT2D eigenvalue weighted by Gasteiger charge is -2.49. The van der Waals surface area contributed by atoms with Crippen LogP contribution in [0.3, 0.4) is 0 Å². The molecule has 0 spiro atoms. The second-order valence-electron chi connectivity index (χ2n) is 5.62. The molecule has 0 saturated heterocycles. The number of nitrogens with two attached hydrogens (primary N) is 1. The van der Waals surface area contributed by atoms with Gasteiger partial charge < -0.3 is 15.2 Å².